The van der Waals surface area contributed by atoms with E-state index < -0.39 is 6.10 Å². The van der Waals surface area contributed by atoms with Crippen LogP contribution in [0.25, 0.3) is 0 Å². The van der Waals surface area contributed by atoms with Gasteiger partial charge in [-0.2, -0.15) is 0 Å². The van der Waals surface area contributed by atoms with Gasteiger partial charge in [0.25, 0.3) is 5.91 Å². The maximum atomic E-state index is 12.6. The first-order valence-electron chi connectivity index (χ1n) is 9.33. The van der Waals surface area contributed by atoms with E-state index in [2.05, 4.69) is 33.4 Å². The normalized spacial score (nSPS) is 17.1. The zero-order valence-electron chi connectivity index (χ0n) is 15.8. The SMILES string of the molecule is Cc1ccc(O[C@@H](C)C(=O)NCC2(c3cccc(Br)c3)CCOCC2)cc1. The number of nitrogens with one attached hydrogen (secondary N) is 1. The van der Waals surface area contributed by atoms with Crippen LogP contribution in [0.15, 0.2) is 53.0 Å². The number of carbonyl (C=O) groups excluding carboxylic acids is 1. The highest BCUT2D eigenvalue weighted by molar-refractivity contribution is 9.10. The summed E-state index contributed by atoms with van der Waals surface area (Å²) in [5, 5.41) is 3.11. The molecule has 1 heterocycles. The molecule has 0 radical (unpaired) electrons. The molecule has 1 saturated heterocycles. The van der Waals surface area contributed by atoms with Crippen LogP contribution in [0.5, 0.6) is 5.75 Å². The second-order valence-electron chi connectivity index (χ2n) is 7.19. The van der Waals surface area contributed by atoms with Crippen molar-refractivity contribution in [1.82, 2.24) is 5.32 Å². The Hall–Kier alpha value is -1.85. The molecule has 0 saturated carbocycles. The van der Waals surface area contributed by atoms with Crippen molar-refractivity contribution in [2.75, 3.05) is 19.8 Å². The number of hydrogen-bond acceptors (Lipinski definition) is 3. The van der Waals surface area contributed by atoms with Crippen molar-refractivity contribution in [3.63, 3.8) is 0 Å². The van der Waals surface area contributed by atoms with E-state index in [0.29, 0.717) is 25.5 Å². The number of halogens is 1. The van der Waals surface area contributed by atoms with Gasteiger partial charge in [-0.3, -0.25) is 4.79 Å². The van der Waals surface area contributed by atoms with E-state index in [1.54, 1.807) is 6.92 Å². The molecule has 144 valence electrons. The Bertz CT molecular complexity index is 769. The Kier molecular flexibility index (Phi) is 6.55. The number of benzene rings is 2. The molecule has 2 aromatic carbocycles. The standard InChI is InChI=1S/C22H26BrNO3/c1-16-6-8-20(9-7-16)27-17(2)21(25)24-15-22(10-12-26-13-11-22)18-4-3-5-19(23)14-18/h3-9,14,17H,10-13,15H2,1-2H3,(H,24,25)/t17-/m0/s1. The van der Waals surface area contributed by atoms with Crippen LogP contribution >= 0.6 is 15.9 Å². The summed E-state index contributed by atoms with van der Waals surface area (Å²) in [5.41, 5.74) is 2.28. The average Bonchev–Trinajstić information content (AvgIpc) is 2.68. The zero-order chi connectivity index (χ0) is 19.3. The predicted molar refractivity (Wildman–Crippen MR) is 110 cm³/mol. The van der Waals surface area contributed by atoms with Gasteiger partial charge in [-0.15, -0.1) is 0 Å². The number of aryl methyl sites for hydroxylation is 1. The second-order valence-corrected chi connectivity index (χ2v) is 8.11. The lowest BCUT2D eigenvalue weighted by Gasteiger charge is -2.38. The largest absolute Gasteiger partial charge is 0.481 e. The highest BCUT2D eigenvalue weighted by Crippen LogP contribution is 2.35. The zero-order valence-corrected chi connectivity index (χ0v) is 17.4. The van der Waals surface area contributed by atoms with Crippen molar-refractivity contribution >= 4 is 21.8 Å². The third-order valence-corrected chi connectivity index (χ3v) is 5.68. The van der Waals surface area contributed by atoms with Crippen LogP contribution < -0.4 is 10.1 Å². The Morgan fingerprint density at radius 3 is 2.59 bits per heavy atom. The molecule has 4 nitrogen and oxygen atoms in total. The molecule has 0 bridgehead atoms. The Morgan fingerprint density at radius 2 is 1.93 bits per heavy atom. The molecule has 27 heavy (non-hydrogen) atoms. The first kappa shape index (κ1) is 19.9. The van der Waals surface area contributed by atoms with Gasteiger partial charge in [0.05, 0.1) is 0 Å². The molecule has 2 aromatic rings. The van der Waals surface area contributed by atoms with Crippen LogP contribution in [0, 0.1) is 6.92 Å². The van der Waals surface area contributed by atoms with Crippen molar-refractivity contribution in [3.8, 4) is 5.75 Å². The average molecular weight is 432 g/mol. The minimum absolute atomic E-state index is 0.101. The smallest absolute Gasteiger partial charge is 0.260 e. The summed E-state index contributed by atoms with van der Waals surface area (Å²) in [6, 6.07) is 16.1. The summed E-state index contributed by atoms with van der Waals surface area (Å²) in [6.07, 6.45) is 1.22. The first-order chi connectivity index (χ1) is 13.0. The minimum atomic E-state index is -0.549. The molecule has 0 spiro atoms. The van der Waals surface area contributed by atoms with Gasteiger partial charge in [0.1, 0.15) is 5.75 Å². The number of amides is 1. The molecule has 0 aromatic heterocycles. The molecule has 5 heteroatoms. The van der Waals surface area contributed by atoms with Crippen LogP contribution in [0.3, 0.4) is 0 Å². The van der Waals surface area contributed by atoms with Gasteiger partial charge in [0.15, 0.2) is 6.10 Å². The molecule has 0 aliphatic carbocycles. The van der Waals surface area contributed by atoms with Crippen LogP contribution in [0.2, 0.25) is 0 Å². The van der Waals surface area contributed by atoms with Crippen LogP contribution in [0.1, 0.15) is 30.9 Å². The molecule has 1 fully saturated rings. The Labute approximate surface area is 169 Å². The number of hydrogen-bond donors (Lipinski definition) is 1. The lowest BCUT2D eigenvalue weighted by Crippen LogP contribution is -2.47. The Balaban J connectivity index is 1.66. The van der Waals surface area contributed by atoms with Crippen LogP contribution in [0.4, 0.5) is 0 Å². The maximum absolute atomic E-state index is 12.6. The number of ether oxygens (including phenoxy) is 2. The lowest BCUT2D eigenvalue weighted by molar-refractivity contribution is -0.127. The summed E-state index contributed by atoms with van der Waals surface area (Å²) in [4.78, 5) is 12.6. The van der Waals surface area contributed by atoms with Crippen molar-refractivity contribution in [2.24, 2.45) is 0 Å². The van der Waals surface area contributed by atoms with Gasteiger partial charge >= 0.3 is 0 Å². The van der Waals surface area contributed by atoms with Crippen molar-refractivity contribution in [1.29, 1.82) is 0 Å². The van der Waals surface area contributed by atoms with Crippen molar-refractivity contribution in [2.45, 2.75) is 38.2 Å². The highest BCUT2D eigenvalue weighted by atomic mass is 79.9. The summed E-state index contributed by atoms with van der Waals surface area (Å²) < 4.78 is 12.4. The second kappa shape index (κ2) is 8.89. The summed E-state index contributed by atoms with van der Waals surface area (Å²) in [5.74, 6) is 0.604. The molecular weight excluding hydrogens is 406 g/mol. The molecule has 1 amide bonds. The maximum Gasteiger partial charge on any atom is 0.260 e. The van der Waals surface area contributed by atoms with Gasteiger partial charge < -0.3 is 14.8 Å². The highest BCUT2D eigenvalue weighted by Gasteiger charge is 2.35. The van der Waals surface area contributed by atoms with E-state index in [1.165, 1.54) is 5.56 Å². The molecule has 3 rings (SSSR count). The van der Waals surface area contributed by atoms with E-state index in [-0.39, 0.29) is 11.3 Å². The van der Waals surface area contributed by atoms with E-state index in [1.807, 2.05) is 43.3 Å². The van der Waals surface area contributed by atoms with Gasteiger partial charge in [0.2, 0.25) is 0 Å². The molecule has 1 aliphatic rings. The third kappa shape index (κ3) is 5.11. The number of carbonyl (C=O) groups is 1. The fourth-order valence-electron chi connectivity index (χ4n) is 3.42. The van der Waals surface area contributed by atoms with Gasteiger partial charge in [0, 0.05) is 29.6 Å². The van der Waals surface area contributed by atoms with Crippen LogP contribution in [-0.4, -0.2) is 31.8 Å². The van der Waals surface area contributed by atoms with Crippen LogP contribution in [-0.2, 0) is 14.9 Å². The summed E-state index contributed by atoms with van der Waals surface area (Å²) >= 11 is 3.56. The Morgan fingerprint density at radius 1 is 1.22 bits per heavy atom. The monoisotopic (exact) mass is 431 g/mol. The number of rotatable bonds is 6. The fraction of sp³-hybridized carbons (Fsp3) is 0.409. The quantitative estimate of drug-likeness (QED) is 0.737. The van der Waals surface area contributed by atoms with Crippen molar-refractivity contribution < 1.29 is 14.3 Å². The summed E-state index contributed by atoms with van der Waals surface area (Å²) in [6.45, 7) is 5.79. The van der Waals surface area contributed by atoms with Gasteiger partial charge in [-0.05, 0) is 56.5 Å². The molecular formula is C22H26BrNO3. The topological polar surface area (TPSA) is 47.6 Å². The summed E-state index contributed by atoms with van der Waals surface area (Å²) in [7, 11) is 0. The molecule has 1 atom stereocenters. The van der Waals surface area contributed by atoms with Gasteiger partial charge in [-0.1, -0.05) is 45.8 Å². The van der Waals surface area contributed by atoms with Gasteiger partial charge in [-0.25, -0.2) is 0 Å². The third-order valence-electron chi connectivity index (χ3n) is 5.19. The van der Waals surface area contributed by atoms with E-state index in [0.717, 1.165) is 22.9 Å². The first-order valence-corrected chi connectivity index (χ1v) is 10.1. The van der Waals surface area contributed by atoms with E-state index in [9.17, 15) is 4.79 Å². The fourth-order valence-corrected chi connectivity index (χ4v) is 3.82. The molecule has 0 unspecified atom stereocenters. The molecule has 1 aliphatic heterocycles. The van der Waals surface area contributed by atoms with Crippen molar-refractivity contribution in [3.05, 3.63) is 64.1 Å². The predicted octanol–water partition coefficient (Wildman–Crippen LogP) is 4.39. The molecule has 1 N–H and O–H groups in total. The lowest BCUT2D eigenvalue weighted by atomic mass is 9.74. The van der Waals surface area contributed by atoms with E-state index >= 15 is 0 Å². The minimum Gasteiger partial charge on any atom is -0.481 e. The van der Waals surface area contributed by atoms with E-state index in [4.69, 9.17) is 9.47 Å².